The number of thioether (sulfide) groups is 1. The van der Waals surface area contributed by atoms with Gasteiger partial charge in [0.05, 0.1) is 10.7 Å². The number of nitrogens with two attached hydrogens (primary N) is 2. The molecule has 6 heteroatoms. The summed E-state index contributed by atoms with van der Waals surface area (Å²) in [6, 6.07) is 15.7. The smallest absolute Gasteiger partial charge is 0.289 e. The summed E-state index contributed by atoms with van der Waals surface area (Å²) in [6.07, 6.45) is 1.77. The van der Waals surface area contributed by atoms with Crippen LogP contribution >= 0.6 is 11.8 Å². The van der Waals surface area contributed by atoms with Crippen LogP contribution in [0.2, 0.25) is 0 Å². The molecule has 2 aromatic rings. The van der Waals surface area contributed by atoms with Gasteiger partial charge in [0.25, 0.3) is 0 Å². The lowest BCUT2D eigenvalue weighted by Crippen LogP contribution is -2.73. The van der Waals surface area contributed by atoms with Crippen LogP contribution in [0.25, 0.3) is 0 Å². The monoisotopic (exact) mass is 286 g/mol. The fourth-order valence-electron chi connectivity index (χ4n) is 1.52. The number of aromatic nitrogens is 1. The van der Waals surface area contributed by atoms with Gasteiger partial charge in [0.1, 0.15) is 0 Å². The fraction of sp³-hybridized carbons (Fsp3) is 0.0714. The topological polar surface area (TPSA) is 91.3 Å². The minimum atomic E-state index is 0.0706. The summed E-state index contributed by atoms with van der Waals surface area (Å²) in [6.45, 7) is 0. The van der Waals surface area contributed by atoms with Gasteiger partial charge in [0, 0.05) is 11.9 Å². The molecule has 1 aromatic carbocycles. The average Bonchev–Trinajstić information content (AvgIpc) is 2.49. The Morgan fingerprint density at radius 3 is 2.50 bits per heavy atom. The van der Waals surface area contributed by atoms with Gasteiger partial charge in [-0.15, -0.1) is 5.10 Å². The van der Waals surface area contributed by atoms with Gasteiger partial charge in [0.15, 0.2) is 0 Å². The zero-order chi connectivity index (χ0) is 14.2. The van der Waals surface area contributed by atoms with Gasteiger partial charge >= 0.3 is 5.96 Å². The third-order valence-electron chi connectivity index (χ3n) is 2.42. The number of nitrogens with one attached hydrogen (secondary N) is 1. The van der Waals surface area contributed by atoms with Crippen LogP contribution in [0.5, 0.6) is 0 Å². The number of pyridine rings is 1. The summed E-state index contributed by atoms with van der Waals surface area (Å²) in [4.78, 5) is 4.27. The highest BCUT2D eigenvalue weighted by molar-refractivity contribution is 7.99. The van der Waals surface area contributed by atoms with Gasteiger partial charge in [-0.2, -0.15) is 5.10 Å². The van der Waals surface area contributed by atoms with E-state index >= 15 is 0 Å². The number of benzene rings is 1. The Hall–Kier alpha value is -2.34. The summed E-state index contributed by atoms with van der Waals surface area (Å²) in [5.41, 5.74) is 12.6. The molecule has 1 aromatic heterocycles. The number of hydrazone groups is 1. The van der Waals surface area contributed by atoms with Gasteiger partial charge in [-0.25, -0.2) is 4.98 Å². The molecule has 0 radical (unpaired) electrons. The van der Waals surface area contributed by atoms with Crippen molar-refractivity contribution in [3.8, 4) is 0 Å². The third-order valence-corrected chi connectivity index (χ3v) is 3.38. The lowest BCUT2D eigenvalue weighted by Gasteiger charge is -2.04. The first-order valence-electron chi connectivity index (χ1n) is 6.05. The molecule has 5 N–H and O–H groups in total. The van der Waals surface area contributed by atoms with Crippen LogP contribution in [0.1, 0.15) is 5.56 Å². The van der Waals surface area contributed by atoms with Crippen molar-refractivity contribution in [1.29, 1.82) is 0 Å². The van der Waals surface area contributed by atoms with Crippen molar-refractivity contribution in [3.05, 3.63) is 60.3 Å². The zero-order valence-electron chi connectivity index (χ0n) is 10.9. The van der Waals surface area contributed by atoms with Gasteiger partial charge in [0.2, 0.25) is 0 Å². The first-order valence-corrected chi connectivity index (χ1v) is 7.04. The number of guanidine groups is 1. The van der Waals surface area contributed by atoms with Crippen molar-refractivity contribution in [2.75, 3.05) is 5.75 Å². The maximum atomic E-state index is 5.38. The predicted molar refractivity (Wildman–Crippen MR) is 82.3 cm³/mol. The number of nitrogens with zero attached hydrogens (tertiary/aromatic N) is 2. The maximum Gasteiger partial charge on any atom is 0.362 e. The first-order chi connectivity index (χ1) is 9.75. The second kappa shape index (κ2) is 7.30. The predicted octanol–water partition coefficient (Wildman–Crippen LogP) is -0.0680. The largest absolute Gasteiger partial charge is 0.362 e. The molecule has 102 valence electrons. The standard InChI is InChI=1S/C14H15N5S/c15-14(16)19-18-12(11-6-2-1-3-7-11)10-20-13-8-4-5-9-17-13/h1-9H,10H2,(H4,15,16,19)/p+1/b18-12+. The molecule has 0 aliphatic heterocycles. The molecule has 1 heterocycles. The Balaban J connectivity index is 2.16. The summed E-state index contributed by atoms with van der Waals surface area (Å²) >= 11 is 1.60. The van der Waals surface area contributed by atoms with Crippen LogP contribution in [0.3, 0.4) is 0 Å². The molecule has 0 saturated carbocycles. The highest BCUT2D eigenvalue weighted by atomic mass is 32.2. The molecule has 0 amide bonds. The van der Waals surface area contributed by atoms with Gasteiger partial charge < -0.3 is 0 Å². The van der Waals surface area contributed by atoms with Crippen LogP contribution < -0.4 is 16.6 Å². The Bertz CT molecular complexity index is 591. The van der Waals surface area contributed by atoms with Crippen molar-refractivity contribution >= 4 is 23.4 Å². The van der Waals surface area contributed by atoms with Crippen LogP contribution in [-0.2, 0) is 0 Å². The number of hydrogen-bond donors (Lipinski definition) is 3. The van der Waals surface area contributed by atoms with Crippen LogP contribution in [0.4, 0.5) is 0 Å². The molecule has 2 rings (SSSR count). The molecule has 0 aliphatic rings. The Morgan fingerprint density at radius 1 is 1.10 bits per heavy atom. The molecular weight excluding hydrogens is 270 g/mol. The SMILES string of the molecule is NC(N)=[NH+]/N=C(\CSc1ccccn1)c1ccccc1. The Morgan fingerprint density at radius 2 is 1.85 bits per heavy atom. The van der Waals surface area contributed by atoms with E-state index in [4.69, 9.17) is 11.5 Å². The second-order valence-electron chi connectivity index (χ2n) is 3.95. The quantitative estimate of drug-likeness (QED) is 0.311. The van der Waals surface area contributed by atoms with Crippen LogP contribution in [-0.4, -0.2) is 22.4 Å². The molecule has 5 nitrogen and oxygen atoms in total. The average molecular weight is 286 g/mol. The maximum absolute atomic E-state index is 5.38. The lowest BCUT2D eigenvalue weighted by molar-refractivity contribution is -0.464. The van der Waals surface area contributed by atoms with Crippen LogP contribution in [0, 0.1) is 0 Å². The second-order valence-corrected chi connectivity index (χ2v) is 4.94. The molecule has 0 atom stereocenters. The number of hydrogen-bond acceptors (Lipinski definition) is 3. The summed E-state index contributed by atoms with van der Waals surface area (Å²) in [5, 5.41) is 7.79. The van der Waals surface area contributed by atoms with Crippen molar-refractivity contribution in [1.82, 2.24) is 4.98 Å². The van der Waals surface area contributed by atoms with E-state index in [0.717, 1.165) is 16.3 Å². The molecule has 0 spiro atoms. The van der Waals surface area contributed by atoms with Crippen molar-refractivity contribution in [2.45, 2.75) is 5.03 Å². The molecule has 0 saturated heterocycles. The van der Waals surface area contributed by atoms with Gasteiger partial charge in [-0.3, -0.25) is 11.5 Å². The molecule has 0 fully saturated rings. The van der Waals surface area contributed by atoms with E-state index in [0.29, 0.717) is 5.75 Å². The van der Waals surface area contributed by atoms with Gasteiger partial charge in [-0.05, 0) is 17.7 Å². The highest BCUT2D eigenvalue weighted by Gasteiger charge is 2.06. The molecule has 0 bridgehead atoms. The normalized spacial score (nSPS) is 11.1. The minimum Gasteiger partial charge on any atom is -0.289 e. The first kappa shape index (κ1) is 14.1. The summed E-state index contributed by atoms with van der Waals surface area (Å²) in [7, 11) is 0. The van der Waals surface area contributed by atoms with Crippen molar-refractivity contribution < 1.29 is 5.10 Å². The van der Waals surface area contributed by atoms with Crippen molar-refractivity contribution in [2.24, 2.45) is 16.6 Å². The zero-order valence-corrected chi connectivity index (χ0v) is 11.7. The highest BCUT2D eigenvalue weighted by Crippen LogP contribution is 2.16. The Labute approximate surface area is 121 Å². The molecular formula is C14H16N5S+. The minimum absolute atomic E-state index is 0.0706. The van der Waals surface area contributed by atoms with E-state index in [1.807, 2.05) is 48.5 Å². The van der Waals surface area contributed by atoms with Crippen LogP contribution in [0.15, 0.2) is 64.9 Å². The van der Waals surface area contributed by atoms with Crippen molar-refractivity contribution in [3.63, 3.8) is 0 Å². The summed E-state index contributed by atoms with van der Waals surface area (Å²) in [5.74, 6) is 0.739. The van der Waals surface area contributed by atoms with E-state index in [1.54, 1.807) is 18.0 Å². The third kappa shape index (κ3) is 4.40. The van der Waals surface area contributed by atoms with E-state index in [9.17, 15) is 0 Å². The molecule has 0 unspecified atom stereocenters. The Kier molecular flexibility index (Phi) is 5.14. The van der Waals surface area contributed by atoms with E-state index in [2.05, 4.69) is 15.2 Å². The number of rotatable bonds is 5. The molecule has 20 heavy (non-hydrogen) atoms. The van der Waals surface area contributed by atoms with E-state index in [-0.39, 0.29) is 5.96 Å². The fourth-order valence-corrected chi connectivity index (χ4v) is 2.34. The summed E-state index contributed by atoms with van der Waals surface area (Å²) < 4.78 is 0. The lowest BCUT2D eigenvalue weighted by atomic mass is 10.1. The van der Waals surface area contributed by atoms with E-state index < -0.39 is 0 Å². The van der Waals surface area contributed by atoms with E-state index in [1.165, 1.54) is 0 Å². The van der Waals surface area contributed by atoms with Gasteiger partial charge in [-0.1, -0.05) is 48.2 Å². The molecule has 0 aliphatic carbocycles.